The fourth-order valence-electron chi connectivity index (χ4n) is 2.06. The monoisotopic (exact) mass is 293 g/mol. The Labute approximate surface area is 119 Å². The summed E-state index contributed by atoms with van der Waals surface area (Å²) in [6.07, 6.45) is 0. The molecule has 2 N–H and O–H groups in total. The van der Waals surface area contributed by atoms with Gasteiger partial charge in [-0.3, -0.25) is 0 Å². The molecule has 1 unspecified atom stereocenters. The molecular weight excluding hydrogens is 282 g/mol. The van der Waals surface area contributed by atoms with Gasteiger partial charge in [-0.1, -0.05) is 29.8 Å². The molecule has 0 spiro atoms. The summed E-state index contributed by atoms with van der Waals surface area (Å²) in [6, 6.07) is 8.24. The first-order valence-corrected chi connectivity index (χ1v) is 7.77. The summed E-state index contributed by atoms with van der Waals surface area (Å²) in [5, 5.41) is 6.22. The molecule has 3 rings (SSSR count). The van der Waals surface area contributed by atoms with Crippen molar-refractivity contribution in [3.05, 3.63) is 56.1 Å². The molecule has 2 heterocycles. The number of rotatable bonds is 2. The Balaban J connectivity index is 2.14. The van der Waals surface area contributed by atoms with Crippen LogP contribution in [0.5, 0.6) is 0 Å². The van der Waals surface area contributed by atoms with Crippen LogP contribution in [0.4, 0.5) is 0 Å². The molecule has 0 radical (unpaired) electrons. The number of hydrogen-bond acceptors (Lipinski definition) is 3. The first kappa shape index (κ1) is 12.2. The Kier molecular flexibility index (Phi) is 3.16. The lowest BCUT2D eigenvalue weighted by Gasteiger charge is -2.12. The number of halogens is 1. The van der Waals surface area contributed by atoms with Crippen LogP contribution in [0.1, 0.15) is 22.0 Å². The number of hydrogen-bond donors (Lipinski definition) is 1. The van der Waals surface area contributed by atoms with E-state index >= 15 is 0 Å². The minimum absolute atomic E-state index is 0.140. The zero-order valence-electron chi connectivity index (χ0n) is 9.81. The highest BCUT2D eigenvalue weighted by atomic mass is 35.5. The standard InChI is InChI=1S/C14H12ClNS2/c1-8-7-18-14(11(8)15)12(16)10-4-2-3-9-5-6-17-13(9)10/h2-7,12H,16H2,1H3. The highest BCUT2D eigenvalue weighted by molar-refractivity contribution is 7.17. The SMILES string of the molecule is Cc1csc(C(N)c2cccc3ccsc23)c1Cl. The Morgan fingerprint density at radius 1 is 1.22 bits per heavy atom. The molecule has 1 nitrogen and oxygen atoms in total. The molecule has 0 aliphatic carbocycles. The second-order valence-electron chi connectivity index (χ2n) is 4.26. The lowest BCUT2D eigenvalue weighted by Crippen LogP contribution is -2.10. The van der Waals surface area contributed by atoms with E-state index in [1.807, 2.05) is 6.92 Å². The number of fused-ring (bicyclic) bond motifs is 1. The fourth-order valence-corrected chi connectivity index (χ4v) is 4.35. The van der Waals surface area contributed by atoms with Crippen molar-refractivity contribution >= 4 is 44.4 Å². The van der Waals surface area contributed by atoms with Crippen molar-refractivity contribution in [3.8, 4) is 0 Å². The van der Waals surface area contributed by atoms with Gasteiger partial charge in [0.2, 0.25) is 0 Å². The number of nitrogens with two attached hydrogens (primary N) is 1. The summed E-state index contributed by atoms with van der Waals surface area (Å²) in [5.41, 5.74) is 8.65. The molecule has 0 amide bonds. The largest absolute Gasteiger partial charge is 0.320 e. The molecule has 92 valence electrons. The Morgan fingerprint density at radius 3 is 2.78 bits per heavy atom. The van der Waals surface area contributed by atoms with Crippen LogP contribution in [0.3, 0.4) is 0 Å². The summed E-state index contributed by atoms with van der Waals surface area (Å²) >= 11 is 9.68. The van der Waals surface area contributed by atoms with Crippen LogP contribution in [0.25, 0.3) is 10.1 Å². The minimum Gasteiger partial charge on any atom is -0.320 e. The second-order valence-corrected chi connectivity index (χ2v) is 6.47. The van der Waals surface area contributed by atoms with Gasteiger partial charge < -0.3 is 5.73 Å². The molecule has 18 heavy (non-hydrogen) atoms. The van der Waals surface area contributed by atoms with Crippen molar-refractivity contribution in [1.82, 2.24) is 0 Å². The van der Waals surface area contributed by atoms with Crippen molar-refractivity contribution in [2.24, 2.45) is 5.73 Å². The van der Waals surface area contributed by atoms with Gasteiger partial charge in [0.25, 0.3) is 0 Å². The third-order valence-electron chi connectivity index (χ3n) is 3.05. The van der Waals surface area contributed by atoms with Crippen LogP contribution in [0.15, 0.2) is 35.0 Å². The average molecular weight is 294 g/mol. The van der Waals surface area contributed by atoms with Crippen molar-refractivity contribution in [3.63, 3.8) is 0 Å². The minimum atomic E-state index is -0.140. The zero-order valence-corrected chi connectivity index (χ0v) is 12.2. The Bertz CT molecular complexity index is 699. The topological polar surface area (TPSA) is 26.0 Å². The highest BCUT2D eigenvalue weighted by Gasteiger charge is 2.18. The van der Waals surface area contributed by atoms with Gasteiger partial charge in [-0.25, -0.2) is 0 Å². The van der Waals surface area contributed by atoms with Crippen LogP contribution >= 0.6 is 34.3 Å². The second kappa shape index (κ2) is 4.67. The molecule has 0 fully saturated rings. The number of benzene rings is 1. The fraction of sp³-hybridized carbons (Fsp3) is 0.143. The predicted octanol–water partition coefficient (Wildman–Crippen LogP) is 4.97. The molecule has 0 aliphatic heterocycles. The van der Waals surface area contributed by atoms with Gasteiger partial charge in [0, 0.05) is 9.58 Å². The maximum absolute atomic E-state index is 6.39. The van der Waals surface area contributed by atoms with Gasteiger partial charge in [-0.2, -0.15) is 0 Å². The van der Waals surface area contributed by atoms with Gasteiger partial charge in [0.1, 0.15) is 0 Å². The Morgan fingerprint density at radius 2 is 2.06 bits per heavy atom. The van der Waals surface area contributed by atoms with E-state index in [1.165, 1.54) is 10.1 Å². The summed E-state index contributed by atoms with van der Waals surface area (Å²) in [4.78, 5) is 1.05. The van der Waals surface area contributed by atoms with Gasteiger partial charge in [-0.05, 0) is 40.3 Å². The smallest absolute Gasteiger partial charge is 0.0675 e. The van der Waals surface area contributed by atoms with E-state index in [-0.39, 0.29) is 6.04 Å². The van der Waals surface area contributed by atoms with Gasteiger partial charge >= 0.3 is 0 Å². The third-order valence-corrected chi connectivity index (χ3v) is 5.83. The first-order chi connectivity index (χ1) is 8.68. The predicted molar refractivity (Wildman–Crippen MR) is 81.9 cm³/mol. The number of thiophene rings is 2. The van der Waals surface area contributed by atoms with E-state index in [1.54, 1.807) is 22.7 Å². The molecule has 2 aromatic heterocycles. The van der Waals surface area contributed by atoms with E-state index in [2.05, 4.69) is 35.0 Å². The van der Waals surface area contributed by atoms with Crippen LogP contribution in [-0.4, -0.2) is 0 Å². The van der Waals surface area contributed by atoms with Crippen LogP contribution in [0.2, 0.25) is 5.02 Å². The molecular formula is C14H12ClNS2. The van der Waals surface area contributed by atoms with Crippen molar-refractivity contribution in [1.29, 1.82) is 0 Å². The quantitative estimate of drug-likeness (QED) is 0.709. The average Bonchev–Trinajstić information content (AvgIpc) is 2.96. The Hall–Kier alpha value is -0.870. The van der Waals surface area contributed by atoms with Gasteiger partial charge in [-0.15, -0.1) is 22.7 Å². The zero-order chi connectivity index (χ0) is 12.7. The molecule has 4 heteroatoms. The van der Waals surface area contributed by atoms with Gasteiger partial charge in [0.15, 0.2) is 0 Å². The highest BCUT2D eigenvalue weighted by Crippen LogP contribution is 2.37. The van der Waals surface area contributed by atoms with Crippen LogP contribution in [-0.2, 0) is 0 Å². The molecule has 1 aromatic carbocycles. The van der Waals surface area contributed by atoms with Gasteiger partial charge in [0.05, 0.1) is 11.1 Å². The third kappa shape index (κ3) is 1.88. The molecule has 3 aromatic rings. The summed E-state index contributed by atoms with van der Waals surface area (Å²) in [5.74, 6) is 0. The van der Waals surface area contributed by atoms with Crippen LogP contribution < -0.4 is 5.73 Å². The van der Waals surface area contributed by atoms with Crippen molar-refractivity contribution < 1.29 is 0 Å². The van der Waals surface area contributed by atoms with E-state index in [4.69, 9.17) is 17.3 Å². The summed E-state index contributed by atoms with van der Waals surface area (Å²) < 4.78 is 1.26. The van der Waals surface area contributed by atoms with Crippen molar-refractivity contribution in [2.45, 2.75) is 13.0 Å². The normalized spacial score (nSPS) is 13.1. The molecule has 0 bridgehead atoms. The van der Waals surface area contributed by atoms with Crippen molar-refractivity contribution in [2.75, 3.05) is 0 Å². The molecule has 0 saturated carbocycles. The molecule has 0 aliphatic rings. The lowest BCUT2D eigenvalue weighted by molar-refractivity contribution is 0.904. The maximum Gasteiger partial charge on any atom is 0.0675 e. The summed E-state index contributed by atoms with van der Waals surface area (Å²) in [7, 11) is 0. The van der Waals surface area contributed by atoms with E-state index in [9.17, 15) is 0 Å². The maximum atomic E-state index is 6.39. The van der Waals surface area contributed by atoms with Crippen LogP contribution in [0, 0.1) is 6.92 Å². The molecule has 1 atom stereocenters. The molecule has 0 saturated heterocycles. The lowest BCUT2D eigenvalue weighted by atomic mass is 10.0. The summed E-state index contributed by atoms with van der Waals surface area (Å²) in [6.45, 7) is 2.01. The first-order valence-electron chi connectivity index (χ1n) is 5.63. The number of aryl methyl sites for hydroxylation is 1. The van der Waals surface area contributed by atoms with E-state index in [0.29, 0.717) is 0 Å². The van der Waals surface area contributed by atoms with E-state index in [0.717, 1.165) is 21.0 Å². The van der Waals surface area contributed by atoms with E-state index < -0.39 is 0 Å².